The van der Waals surface area contributed by atoms with Crippen molar-refractivity contribution in [1.82, 2.24) is 5.32 Å². The number of hydrogen-bond donors (Lipinski definition) is 1. The third kappa shape index (κ3) is 2.46. The number of nitrogens with one attached hydrogen (secondary N) is 1. The molecule has 22 heavy (non-hydrogen) atoms. The van der Waals surface area contributed by atoms with Crippen LogP contribution in [0, 0.1) is 5.92 Å². The molecule has 114 valence electrons. The van der Waals surface area contributed by atoms with Gasteiger partial charge in [0.05, 0.1) is 0 Å². The molecule has 4 rings (SSSR count). The molecule has 1 aromatic rings. The lowest BCUT2D eigenvalue weighted by Gasteiger charge is -2.21. The van der Waals surface area contributed by atoms with Gasteiger partial charge in [-0.1, -0.05) is 6.07 Å². The highest BCUT2D eigenvalue weighted by molar-refractivity contribution is 6.15. The minimum absolute atomic E-state index is 0.154. The Kier molecular flexibility index (Phi) is 3.31. The van der Waals surface area contributed by atoms with Crippen LogP contribution in [-0.2, 0) is 9.53 Å². The number of amidine groups is 1. The minimum Gasteiger partial charge on any atom is -0.454 e. The van der Waals surface area contributed by atoms with Crippen molar-refractivity contribution in [2.75, 3.05) is 20.0 Å². The average Bonchev–Trinajstić information content (AvgIpc) is 3.15. The number of aliphatic imine (C=N–C) groups is 1. The van der Waals surface area contributed by atoms with Gasteiger partial charge in [-0.25, -0.2) is 4.99 Å². The van der Waals surface area contributed by atoms with Crippen molar-refractivity contribution in [3.63, 3.8) is 0 Å². The Balaban J connectivity index is 1.58. The van der Waals surface area contributed by atoms with Crippen molar-refractivity contribution >= 4 is 17.8 Å². The van der Waals surface area contributed by atoms with Crippen LogP contribution >= 0.6 is 0 Å². The fourth-order valence-electron chi connectivity index (χ4n) is 2.81. The van der Waals surface area contributed by atoms with Gasteiger partial charge in [-0.3, -0.25) is 4.79 Å². The Hall–Kier alpha value is -2.34. The van der Waals surface area contributed by atoms with Gasteiger partial charge in [0.15, 0.2) is 11.5 Å². The first kappa shape index (κ1) is 13.3. The van der Waals surface area contributed by atoms with E-state index in [-0.39, 0.29) is 18.6 Å². The molecule has 0 aromatic heterocycles. The molecule has 1 aromatic carbocycles. The van der Waals surface area contributed by atoms with Gasteiger partial charge in [-0.15, -0.1) is 0 Å². The third-order valence-corrected chi connectivity index (χ3v) is 4.02. The Morgan fingerprint density at radius 3 is 2.86 bits per heavy atom. The van der Waals surface area contributed by atoms with Crippen LogP contribution in [-0.4, -0.2) is 31.7 Å². The molecule has 3 heterocycles. The zero-order chi connectivity index (χ0) is 14.9. The summed E-state index contributed by atoms with van der Waals surface area (Å²) in [5.74, 6) is 2.31. The van der Waals surface area contributed by atoms with E-state index in [2.05, 4.69) is 10.3 Å². The fraction of sp³-hybridized carbons (Fsp3) is 0.375. The molecule has 6 heteroatoms. The second-order valence-electron chi connectivity index (χ2n) is 5.48. The number of benzene rings is 1. The van der Waals surface area contributed by atoms with E-state index in [1.54, 1.807) is 6.08 Å². The Morgan fingerprint density at radius 1 is 1.18 bits per heavy atom. The molecule has 1 amide bonds. The first-order valence-electron chi connectivity index (χ1n) is 7.38. The molecule has 0 atom stereocenters. The van der Waals surface area contributed by atoms with Crippen LogP contribution in [0.25, 0.3) is 6.08 Å². The molecule has 3 aliphatic rings. The summed E-state index contributed by atoms with van der Waals surface area (Å²) in [5, 5.41) is 2.88. The highest BCUT2D eigenvalue weighted by Gasteiger charge is 2.28. The van der Waals surface area contributed by atoms with E-state index in [4.69, 9.17) is 14.2 Å². The van der Waals surface area contributed by atoms with Crippen LogP contribution in [0.3, 0.4) is 0 Å². The third-order valence-electron chi connectivity index (χ3n) is 4.02. The molecule has 1 N–H and O–H groups in total. The number of ether oxygens (including phenoxy) is 3. The normalized spacial score (nSPS) is 22.8. The maximum Gasteiger partial charge on any atom is 0.275 e. The number of carbonyl (C=O) groups excluding carboxylic acids is 1. The van der Waals surface area contributed by atoms with Crippen molar-refractivity contribution in [3.05, 3.63) is 29.5 Å². The van der Waals surface area contributed by atoms with Gasteiger partial charge in [0, 0.05) is 19.1 Å². The van der Waals surface area contributed by atoms with E-state index in [9.17, 15) is 4.79 Å². The lowest BCUT2D eigenvalue weighted by molar-refractivity contribution is -0.115. The summed E-state index contributed by atoms with van der Waals surface area (Å²) in [7, 11) is 0. The SMILES string of the molecule is O=C1NC(C2CCOCC2)=N/C1=C/c1ccc2c(c1)OCO2. The summed E-state index contributed by atoms with van der Waals surface area (Å²) >= 11 is 0. The molecule has 1 fully saturated rings. The summed E-state index contributed by atoms with van der Waals surface area (Å²) in [6.07, 6.45) is 3.57. The van der Waals surface area contributed by atoms with Crippen molar-refractivity contribution in [3.8, 4) is 11.5 Å². The van der Waals surface area contributed by atoms with Gasteiger partial charge >= 0.3 is 0 Å². The summed E-state index contributed by atoms with van der Waals surface area (Å²) in [4.78, 5) is 16.6. The average molecular weight is 300 g/mol. The molecule has 0 bridgehead atoms. The van der Waals surface area contributed by atoms with Gasteiger partial charge in [0.25, 0.3) is 5.91 Å². The summed E-state index contributed by atoms with van der Waals surface area (Å²) < 4.78 is 16.0. The van der Waals surface area contributed by atoms with E-state index >= 15 is 0 Å². The summed E-state index contributed by atoms with van der Waals surface area (Å²) in [6.45, 7) is 1.68. The standard InChI is InChI=1S/C16H16N2O4/c19-16-12(17-15(18-16)11-3-5-20-6-4-11)7-10-1-2-13-14(8-10)22-9-21-13/h1-2,7-8,11H,3-6,9H2,(H,17,18,19)/b12-7+. The monoisotopic (exact) mass is 300 g/mol. The predicted octanol–water partition coefficient (Wildman–Crippen LogP) is 1.71. The van der Waals surface area contributed by atoms with Gasteiger partial charge in [-0.2, -0.15) is 0 Å². The Labute approximate surface area is 127 Å². The van der Waals surface area contributed by atoms with E-state index < -0.39 is 0 Å². The molecule has 0 aliphatic carbocycles. The van der Waals surface area contributed by atoms with Crippen LogP contribution in [0.2, 0.25) is 0 Å². The van der Waals surface area contributed by atoms with Crippen LogP contribution in [0.5, 0.6) is 11.5 Å². The maximum absolute atomic E-state index is 12.1. The number of rotatable bonds is 2. The predicted molar refractivity (Wildman–Crippen MR) is 79.7 cm³/mol. The number of fused-ring (bicyclic) bond motifs is 1. The zero-order valence-corrected chi connectivity index (χ0v) is 12.0. The molecule has 0 radical (unpaired) electrons. The second kappa shape index (κ2) is 5.46. The highest BCUT2D eigenvalue weighted by atomic mass is 16.7. The summed E-state index contributed by atoms with van der Waals surface area (Å²) in [5.41, 5.74) is 1.30. The highest BCUT2D eigenvalue weighted by Crippen LogP contribution is 2.33. The van der Waals surface area contributed by atoms with E-state index in [0.29, 0.717) is 11.4 Å². The molecule has 1 saturated heterocycles. The van der Waals surface area contributed by atoms with Gasteiger partial charge in [0.2, 0.25) is 6.79 Å². The lowest BCUT2D eigenvalue weighted by atomic mass is 9.99. The molecular formula is C16H16N2O4. The summed E-state index contributed by atoms with van der Waals surface area (Å²) in [6, 6.07) is 5.57. The number of carbonyl (C=O) groups is 1. The first-order chi connectivity index (χ1) is 10.8. The van der Waals surface area contributed by atoms with Gasteiger partial charge < -0.3 is 19.5 Å². The van der Waals surface area contributed by atoms with Gasteiger partial charge in [-0.05, 0) is 36.6 Å². The van der Waals surface area contributed by atoms with Crippen LogP contribution < -0.4 is 14.8 Å². The maximum atomic E-state index is 12.1. The van der Waals surface area contributed by atoms with Crippen LogP contribution in [0.15, 0.2) is 28.9 Å². The first-order valence-corrected chi connectivity index (χ1v) is 7.38. The zero-order valence-electron chi connectivity index (χ0n) is 12.0. The number of nitrogens with zero attached hydrogens (tertiary/aromatic N) is 1. The van der Waals surface area contributed by atoms with Crippen LogP contribution in [0.1, 0.15) is 18.4 Å². The minimum atomic E-state index is -0.154. The van der Waals surface area contributed by atoms with E-state index in [1.165, 1.54) is 0 Å². The van der Waals surface area contributed by atoms with Crippen molar-refractivity contribution in [1.29, 1.82) is 0 Å². The number of amides is 1. The molecule has 3 aliphatic heterocycles. The second-order valence-corrected chi connectivity index (χ2v) is 5.48. The Morgan fingerprint density at radius 2 is 2.00 bits per heavy atom. The lowest BCUT2D eigenvalue weighted by Crippen LogP contribution is -2.33. The topological polar surface area (TPSA) is 69.2 Å². The van der Waals surface area contributed by atoms with Gasteiger partial charge in [0.1, 0.15) is 11.5 Å². The van der Waals surface area contributed by atoms with Crippen molar-refractivity contribution in [2.45, 2.75) is 12.8 Å². The van der Waals surface area contributed by atoms with E-state index in [0.717, 1.165) is 43.2 Å². The smallest absolute Gasteiger partial charge is 0.275 e. The quantitative estimate of drug-likeness (QED) is 0.844. The Bertz CT molecular complexity index is 675. The molecular weight excluding hydrogens is 284 g/mol. The fourth-order valence-corrected chi connectivity index (χ4v) is 2.81. The molecule has 0 spiro atoms. The molecule has 6 nitrogen and oxygen atoms in total. The van der Waals surface area contributed by atoms with E-state index in [1.807, 2.05) is 18.2 Å². The van der Waals surface area contributed by atoms with Crippen molar-refractivity contribution < 1.29 is 19.0 Å². The molecule has 0 unspecified atom stereocenters. The van der Waals surface area contributed by atoms with Crippen LogP contribution in [0.4, 0.5) is 0 Å². The number of hydrogen-bond acceptors (Lipinski definition) is 5. The van der Waals surface area contributed by atoms with Crippen molar-refractivity contribution in [2.24, 2.45) is 10.9 Å². The largest absolute Gasteiger partial charge is 0.454 e. The molecule has 0 saturated carbocycles.